The van der Waals surface area contributed by atoms with Gasteiger partial charge >= 0.3 is 5.97 Å². The van der Waals surface area contributed by atoms with Gasteiger partial charge in [0, 0.05) is 25.2 Å². The van der Waals surface area contributed by atoms with Crippen LogP contribution in [-0.4, -0.2) is 62.5 Å². The molecule has 1 aromatic rings. The third kappa shape index (κ3) is 4.59. The van der Waals surface area contributed by atoms with Crippen molar-refractivity contribution in [1.29, 1.82) is 0 Å². The highest BCUT2D eigenvalue weighted by Crippen LogP contribution is 2.34. The van der Waals surface area contributed by atoms with Gasteiger partial charge in [-0.15, -0.1) is 0 Å². The number of carbonyl (C=O) groups is 1. The fourth-order valence-corrected chi connectivity index (χ4v) is 2.76. The summed E-state index contributed by atoms with van der Waals surface area (Å²) in [6.45, 7) is 6.89. The molecule has 2 rings (SSSR count). The molecule has 0 radical (unpaired) electrons. The number of hydrogen-bond acceptors (Lipinski definition) is 5. The number of hydrogen-bond donors (Lipinski definition) is 1. The van der Waals surface area contributed by atoms with Crippen molar-refractivity contribution < 1.29 is 24.1 Å². The first-order valence-corrected chi connectivity index (χ1v) is 8.03. The van der Waals surface area contributed by atoms with Crippen molar-refractivity contribution in [2.24, 2.45) is 0 Å². The lowest BCUT2D eigenvalue weighted by Gasteiger charge is -2.26. The molecular formula is C17H25NO5. The van der Waals surface area contributed by atoms with E-state index >= 15 is 0 Å². The first-order chi connectivity index (χ1) is 11.2. The van der Waals surface area contributed by atoms with Crippen LogP contribution in [0.2, 0.25) is 0 Å². The van der Waals surface area contributed by atoms with Crippen molar-refractivity contribution in [1.82, 2.24) is 4.90 Å². The van der Waals surface area contributed by atoms with E-state index in [9.17, 15) is 9.90 Å². The molecule has 1 N–H and O–H groups in total. The van der Waals surface area contributed by atoms with Crippen molar-refractivity contribution in [3.05, 3.63) is 23.3 Å². The number of benzene rings is 1. The molecule has 23 heavy (non-hydrogen) atoms. The number of nitrogens with zero attached hydrogens (tertiary/aromatic N) is 1. The summed E-state index contributed by atoms with van der Waals surface area (Å²) in [6, 6.07) is 3.22. The minimum Gasteiger partial charge on any atom is -0.493 e. The second-order valence-corrected chi connectivity index (χ2v) is 5.44. The zero-order chi connectivity index (χ0) is 16.7. The zero-order valence-corrected chi connectivity index (χ0v) is 13.8. The second kappa shape index (κ2) is 8.74. The number of ether oxygens (including phenoxy) is 3. The van der Waals surface area contributed by atoms with E-state index in [1.165, 1.54) is 0 Å². The minimum absolute atomic E-state index is 0.275. The largest absolute Gasteiger partial charge is 0.493 e. The molecule has 128 valence electrons. The van der Waals surface area contributed by atoms with E-state index in [1.54, 1.807) is 19.2 Å². The van der Waals surface area contributed by atoms with Crippen LogP contribution in [0, 0.1) is 0 Å². The van der Waals surface area contributed by atoms with Crippen LogP contribution in [0.4, 0.5) is 0 Å². The fraction of sp³-hybridized carbons (Fsp3) is 0.588. The average Bonchev–Trinajstić information content (AvgIpc) is 2.58. The van der Waals surface area contributed by atoms with E-state index in [1.807, 2.05) is 6.92 Å². The monoisotopic (exact) mass is 323 g/mol. The summed E-state index contributed by atoms with van der Waals surface area (Å²) in [5, 5.41) is 9.31. The molecule has 0 bridgehead atoms. The summed E-state index contributed by atoms with van der Waals surface area (Å²) >= 11 is 0. The van der Waals surface area contributed by atoms with Gasteiger partial charge in [-0.25, -0.2) is 4.79 Å². The van der Waals surface area contributed by atoms with Gasteiger partial charge in [-0.1, -0.05) is 6.92 Å². The molecule has 1 saturated heterocycles. The molecule has 6 heteroatoms. The van der Waals surface area contributed by atoms with Gasteiger partial charge in [-0.05, 0) is 25.0 Å². The van der Waals surface area contributed by atoms with Crippen LogP contribution < -0.4 is 9.47 Å². The van der Waals surface area contributed by atoms with Crippen LogP contribution >= 0.6 is 0 Å². The van der Waals surface area contributed by atoms with E-state index in [2.05, 4.69) is 4.90 Å². The number of aromatic carboxylic acids is 1. The Morgan fingerprint density at radius 1 is 1.35 bits per heavy atom. The average molecular weight is 323 g/mol. The standard InChI is InChI=1S/C17H25NO5/c1-3-13-14(17(19)20)5-6-15(21-2)16(13)23-10-4-7-18-8-11-22-12-9-18/h5-6H,3-4,7-12H2,1-2H3,(H,19,20). The van der Waals surface area contributed by atoms with Crippen LogP contribution in [0.25, 0.3) is 0 Å². The number of methoxy groups -OCH3 is 1. The van der Waals surface area contributed by atoms with Crippen LogP contribution in [-0.2, 0) is 11.2 Å². The third-order valence-electron chi connectivity index (χ3n) is 4.00. The molecular weight excluding hydrogens is 298 g/mol. The maximum atomic E-state index is 11.4. The molecule has 1 aliphatic rings. The Morgan fingerprint density at radius 3 is 2.70 bits per heavy atom. The number of morpholine rings is 1. The molecule has 0 saturated carbocycles. The Kier molecular flexibility index (Phi) is 6.67. The second-order valence-electron chi connectivity index (χ2n) is 5.44. The summed E-state index contributed by atoms with van der Waals surface area (Å²) in [6.07, 6.45) is 1.46. The maximum Gasteiger partial charge on any atom is 0.336 e. The van der Waals surface area contributed by atoms with Crippen LogP contribution in [0.1, 0.15) is 29.3 Å². The van der Waals surface area contributed by atoms with E-state index in [-0.39, 0.29) is 5.56 Å². The van der Waals surface area contributed by atoms with Gasteiger partial charge in [0.25, 0.3) is 0 Å². The Hall–Kier alpha value is -1.79. The summed E-state index contributed by atoms with van der Waals surface area (Å²) in [5.41, 5.74) is 0.958. The van der Waals surface area contributed by atoms with Crippen LogP contribution in [0.15, 0.2) is 12.1 Å². The first kappa shape index (κ1) is 17.6. The molecule has 1 aromatic carbocycles. The van der Waals surface area contributed by atoms with Gasteiger partial charge in [0.1, 0.15) is 0 Å². The van der Waals surface area contributed by atoms with Crippen molar-refractivity contribution in [3.63, 3.8) is 0 Å². The fourth-order valence-electron chi connectivity index (χ4n) is 2.76. The SMILES string of the molecule is CCc1c(C(=O)O)ccc(OC)c1OCCCN1CCOCC1. The van der Waals surface area contributed by atoms with Crippen molar-refractivity contribution in [3.8, 4) is 11.5 Å². The molecule has 1 fully saturated rings. The predicted octanol–water partition coefficient (Wildman–Crippen LogP) is 2.06. The lowest BCUT2D eigenvalue weighted by atomic mass is 10.0. The summed E-state index contributed by atoms with van der Waals surface area (Å²) < 4.78 is 16.5. The molecule has 0 unspecified atom stereocenters. The van der Waals surface area contributed by atoms with Gasteiger partial charge in [0.2, 0.25) is 0 Å². The Bertz CT molecular complexity index is 526. The molecule has 1 heterocycles. The van der Waals surface area contributed by atoms with Crippen molar-refractivity contribution in [2.75, 3.05) is 46.6 Å². The van der Waals surface area contributed by atoms with Crippen molar-refractivity contribution >= 4 is 5.97 Å². The van der Waals surface area contributed by atoms with Crippen LogP contribution in [0.3, 0.4) is 0 Å². The highest BCUT2D eigenvalue weighted by Gasteiger charge is 2.18. The topological polar surface area (TPSA) is 68.2 Å². The van der Waals surface area contributed by atoms with Crippen molar-refractivity contribution in [2.45, 2.75) is 19.8 Å². The highest BCUT2D eigenvalue weighted by atomic mass is 16.5. The summed E-state index contributed by atoms with van der Waals surface area (Å²) in [7, 11) is 1.57. The van der Waals surface area contributed by atoms with E-state index in [0.29, 0.717) is 30.1 Å². The molecule has 0 spiro atoms. The van der Waals surface area contributed by atoms with Gasteiger partial charge in [-0.2, -0.15) is 0 Å². The lowest BCUT2D eigenvalue weighted by Crippen LogP contribution is -2.37. The molecule has 0 amide bonds. The molecule has 0 aromatic heterocycles. The molecule has 6 nitrogen and oxygen atoms in total. The zero-order valence-electron chi connectivity index (χ0n) is 13.8. The van der Waals surface area contributed by atoms with Gasteiger partial charge in [0.05, 0.1) is 32.5 Å². The number of carboxylic acid groups (broad SMARTS) is 1. The Morgan fingerprint density at radius 2 is 2.09 bits per heavy atom. The molecule has 1 aliphatic heterocycles. The Labute approximate surface area is 136 Å². The number of rotatable bonds is 8. The van der Waals surface area contributed by atoms with Gasteiger partial charge in [0.15, 0.2) is 11.5 Å². The quantitative estimate of drug-likeness (QED) is 0.739. The van der Waals surface area contributed by atoms with E-state index in [4.69, 9.17) is 14.2 Å². The van der Waals surface area contributed by atoms with E-state index < -0.39 is 5.97 Å². The molecule has 0 aliphatic carbocycles. The predicted molar refractivity (Wildman–Crippen MR) is 86.7 cm³/mol. The third-order valence-corrected chi connectivity index (χ3v) is 4.00. The lowest BCUT2D eigenvalue weighted by molar-refractivity contribution is 0.0357. The minimum atomic E-state index is -0.942. The summed E-state index contributed by atoms with van der Waals surface area (Å²) in [5.74, 6) is 0.192. The van der Waals surface area contributed by atoms with Crippen LogP contribution in [0.5, 0.6) is 11.5 Å². The summed E-state index contributed by atoms with van der Waals surface area (Å²) in [4.78, 5) is 13.7. The maximum absolute atomic E-state index is 11.4. The smallest absolute Gasteiger partial charge is 0.336 e. The Balaban J connectivity index is 1.99. The highest BCUT2D eigenvalue weighted by molar-refractivity contribution is 5.90. The first-order valence-electron chi connectivity index (χ1n) is 8.03. The van der Waals surface area contributed by atoms with Gasteiger partial charge in [-0.3, -0.25) is 4.90 Å². The normalized spacial score (nSPS) is 15.4. The molecule has 0 atom stereocenters. The van der Waals surface area contributed by atoms with Gasteiger partial charge < -0.3 is 19.3 Å². The van der Waals surface area contributed by atoms with E-state index in [0.717, 1.165) is 39.3 Å². The number of carboxylic acids is 1.